The van der Waals surface area contributed by atoms with Gasteiger partial charge in [0.05, 0.1) is 29.5 Å². The van der Waals surface area contributed by atoms with Crippen molar-refractivity contribution in [2.75, 3.05) is 37.4 Å². The van der Waals surface area contributed by atoms with Crippen molar-refractivity contribution in [2.24, 2.45) is 0 Å². The van der Waals surface area contributed by atoms with Crippen molar-refractivity contribution in [3.63, 3.8) is 0 Å². The molecule has 0 aromatic heterocycles. The van der Waals surface area contributed by atoms with Crippen molar-refractivity contribution in [3.8, 4) is 16.9 Å². The number of hydrogen-bond donors (Lipinski definition) is 3. The van der Waals surface area contributed by atoms with Crippen LogP contribution < -0.4 is 10.1 Å². The number of benzene rings is 3. The van der Waals surface area contributed by atoms with Gasteiger partial charge in [0.1, 0.15) is 18.2 Å². The Labute approximate surface area is 251 Å². The van der Waals surface area contributed by atoms with Crippen LogP contribution in [0.25, 0.3) is 17.2 Å². The second-order valence-electron chi connectivity index (χ2n) is 9.57. The topological polar surface area (TPSA) is 116 Å². The molecule has 0 saturated carbocycles. The Morgan fingerprint density at radius 2 is 1.71 bits per heavy atom. The number of anilines is 1. The first-order chi connectivity index (χ1) is 20.4. The third-order valence-corrected chi connectivity index (χ3v) is 7.59. The van der Waals surface area contributed by atoms with E-state index in [1.54, 1.807) is 30.3 Å². The summed E-state index contributed by atoms with van der Waals surface area (Å²) in [6.45, 7) is 6.50. The van der Waals surface area contributed by atoms with Gasteiger partial charge in [-0.25, -0.2) is 0 Å². The molecule has 0 fully saturated rings. The minimum Gasteiger partial charge on any atom is -0.491 e. The fraction of sp³-hybridized carbons (Fsp3) is 0.303. The van der Waals surface area contributed by atoms with Crippen molar-refractivity contribution in [3.05, 3.63) is 84.4 Å². The largest absolute Gasteiger partial charge is 0.491 e. The zero-order chi connectivity index (χ0) is 30.2. The molecule has 0 bridgehead atoms. The van der Waals surface area contributed by atoms with Gasteiger partial charge in [-0.1, -0.05) is 50.6 Å². The third-order valence-electron chi connectivity index (χ3n) is 6.26. The number of hydrogen-bond acceptors (Lipinski definition) is 6. The van der Waals surface area contributed by atoms with E-state index in [-0.39, 0.29) is 17.5 Å². The maximum atomic E-state index is 12.7. The van der Waals surface area contributed by atoms with Gasteiger partial charge in [-0.2, -0.15) is 0 Å². The lowest BCUT2D eigenvalue weighted by Gasteiger charge is -2.18. The summed E-state index contributed by atoms with van der Waals surface area (Å²) in [5.74, 6) is 0.681. The second kappa shape index (κ2) is 17.7. The van der Waals surface area contributed by atoms with Gasteiger partial charge in [-0.15, -0.1) is 0 Å². The number of rotatable bonds is 17. The zero-order valence-electron chi connectivity index (χ0n) is 24.3. The number of nitrogens with one attached hydrogen (secondary N) is 3. The molecule has 0 saturated heterocycles. The molecular weight excluding hydrogens is 548 g/mol. The van der Waals surface area contributed by atoms with Gasteiger partial charge in [0.25, 0.3) is 0 Å². The summed E-state index contributed by atoms with van der Waals surface area (Å²) in [5, 5.41) is 18.3. The van der Waals surface area contributed by atoms with E-state index in [9.17, 15) is 9.00 Å². The molecule has 8 nitrogen and oxygen atoms in total. The fourth-order valence-corrected chi connectivity index (χ4v) is 5.01. The van der Waals surface area contributed by atoms with Crippen molar-refractivity contribution in [2.45, 2.75) is 38.0 Å². The van der Waals surface area contributed by atoms with Gasteiger partial charge in [0, 0.05) is 29.8 Å². The van der Waals surface area contributed by atoms with E-state index in [4.69, 9.17) is 20.3 Å². The van der Waals surface area contributed by atoms with E-state index in [0.717, 1.165) is 54.6 Å². The minimum atomic E-state index is -1.42. The van der Waals surface area contributed by atoms with Crippen LogP contribution in [0.15, 0.2) is 83.8 Å². The molecule has 1 unspecified atom stereocenters. The predicted octanol–water partition coefficient (Wildman–Crippen LogP) is 6.60. The lowest BCUT2D eigenvalue weighted by atomic mass is 10.0. The SMILES string of the molecule is CCCCOCCOc1ccc(-c2cccc(/C=C/C(=O)Nc3ccc(S(=O)CC(=N)N(C=N)CCC)cc3)c2)cc1. The molecule has 0 aliphatic heterocycles. The molecule has 0 aliphatic carbocycles. The average molecular weight is 589 g/mol. The summed E-state index contributed by atoms with van der Waals surface area (Å²) in [5.41, 5.74) is 3.55. The number of carbonyl (C=O) groups is 1. The first-order valence-electron chi connectivity index (χ1n) is 14.2. The molecule has 0 radical (unpaired) electrons. The number of amides is 1. The van der Waals surface area contributed by atoms with Gasteiger partial charge in [0.2, 0.25) is 5.91 Å². The molecule has 1 atom stereocenters. The monoisotopic (exact) mass is 588 g/mol. The Balaban J connectivity index is 1.51. The molecule has 0 spiro atoms. The molecule has 3 aromatic carbocycles. The molecule has 222 valence electrons. The third kappa shape index (κ3) is 10.7. The first kappa shape index (κ1) is 32.4. The van der Waals surface area contributed by atoms with Crippen molar-refractivity contribution in [1.82, 2.24) is 4.90 Å². The Morgan fingerprint density at radius 3 is 2.40 bits per heavy atom. The summed E-state index contributed by atoms with van der Waals surface area (Å²) >= 11 is 0. The van der Waals surface area contributed by atoms with Crippen molar-refractivity contribution >= 4 is 40.6 Å². The molecule has 0 heterocycles. The van der Waals surface area contributed by atoms with Crippen LogP contribution in [0, 0.1) is 10.8 Å². The number of nitrogens with zero attached hydrogens (tertiary/aromatic N) is 1. The molecule has 42 heavy (non-hydrogen) atoms. The van der Waals surface area contributed by atoms with E-state index in [0.29, 0.717) is 30.3 Å². The van der Waals surface area contributed by atoms with Crippen LogP contribution in [-0.4, -0.2) is 59.3 Å². The zero-order valence-corrected chi connectivity index (χ0v) is 25.1. The van der Waals surface area contributed by atoms with Crippen molar-refractivity contribution < 1.29 is 18.5 Å². The lowest BCUT2D eigenvalue weighted by molar-refractivity contribution is -0.111. The van der Waals surface area contributed by atoms with Crippen LogP contribution in [0.2, 0.25) is 0 Å². The number of carbonyl (C=O) groups excluding carboxylic acids is 1. The Kier molecular flexibility index (Phi) is 13.6. The Bertz CT molecular complexity index is 1360. The normalized spacial score (nSPS) is 11.7. The summed E-state index contributed by atoms with van der Waals surface area (Å²) in [6.07, 6.45) is 7.30. The molecule has 3 N–H and O–H groups in total. The highest BCUT2D eigenvalue weighted by molar-refractivity contribution is 7.85. The summed E-state index contributed by atoms with van der Waals surface area (Å²) in [6, 6.07) is 22.6. The summed E-state index contributed by atoms with van der Waals surface area (Å²) < 4.78 is 23.9. The molecule has 3 rings (SSSR count). The van der Waals surface area contributed by atoms with E-state index in [2.05, 4.69) is 12.2 Å². The van der Waals surface area contributed by atoms with E-state index >= 15 is 0 Å². The molecule has 0 aliphatic rings. The summed E-state index contributed by atoms with van der Waals surface area (Å²) in [7, 11) is -1.42. The van der Waals surface area contributed by atoms with Gasteiger partial charge >= 0.3 is 0 Å². The quantitative estimate of drug-likeness (QED) is 0.0711. The van der Waals surface area contributed by atoms with E-state index in [1.165, 1.54) is 11.0 Å². The summed E-state index contributed by atoms with van der Waals surface area (Å²) in [4.78, 5) is 14.6. The maximum Gasteiger partial charge on any atom is 0.248 e. The van der Waals surface area contributed by atoms with Crippen LogP contribution in [0.5, 0.6) is 5.75 Å². The van der Waals surface area contributed by atoms with Crippen LogP contribution in [-0.2, 0) is 20.3 Å². The van der Waals surface area contributed by atoms with E-state index < -0.39 is 10.8 Å². The Hall–Kier alpha value is -4.08. The van der Waals surface area contributed by atoms with E-state index in [1.807, 2.05) is 55.5 Å². The highest BCUT2D eigenvalue weighted by Crippen LogP contribution is 2.24. The van der Waals surface area contributed by atoms with Gasteiger partial charge in [-0.3, -0.25) is 19.8 Å². The van der Waals surface area contributed by atoms with Crippen LogP contribution >= 0.6 is 0 Å². The maximum absolute atomic E-state index is 12.7. The van der Waals surface area contributed by atoms with Crippen molar-refractivity contribution in [1.29, 1.82) is 10.8 Å². The molecular formula is C33H40N4O4S. The Morgan fingerprint density at radius 1 is 0.952 bits per heavy atom. The smallest absolute Gasteiger partial charge is 0.248 e. The first-order valence-corrected chi connectivity index (χ1v) is 15.5. The van der Waals surface area contributed by atoms with Gasteiger partial charge in [-0.05, 0) is 78.1 Å². The van der Waals surface area contributed by atoms with Crippen LogP contribution in [0.4, 0.5) is 5.69 Å². The predicted molar refractivity (Wildman–Crippen MR) is 172 cm³/mol. The number of amidine groups is 1. The number of ether oxygens (including phenoxy) is 2. The van der Waals surface area contributed by atoms with Gasteiger partial charge < -0.3 is 19.7 Å². The second-order valence-corrected chi connectivity index (χ2v) is 11.0. The highest BCUT2D eigenvalue weighted by atomic mass is 32.2. The van der Waals surface area contributed by atoms with Gasteiger partial charge in [0.15, 0.2) is 0 Å². The molecule has 1 amide bonds. The minimum absolute atomic E-state index is 0.0232. The van der Waals surface area contributed by atoms with Crippen LogP contribution in [0.1, 0.15) is 38.7 Å². The highest BCUT2D eigenvalue weighted by Gasteiger charge is 2.12. The molecule has 3 aromatic rings. The average Bonchev–Trinajstić information content (AvgIpc) is 3.01. The van der Waals surface area contributed by atoms with Crippen LogP contribution in [0.3, 0.4) is 0 Å². The lowest BCUT2D eigenvalue weighted by Crippen LogP contribution is -2.33. The molecule has 9 heteroatoms. The number of unbranched alkanes of at least 4 members (excludes halogenated alkanes) is 1. The fourth-order valence-electron chi connectivity index (χ4n) is 3.99. The standard InChI is InChI=1S/C33H40N4O4S/c1-3-5-20-40-21-22-41-30-14-10-27(11-15-30)28-8-6-7-26(23-28)9-18-33(38)36-29-12-16-31(17-13-29)42(39)24-32(35)37(25-34)19-4-2/h6-18,23,25,34-35H,3-5,19-22,24H2,1-2H3,(H,36,38)/b18-9+,34-25?,35-32?.